The summed E-state index contributed by atoms with van der Waals surface area (Å²) in [5, 5.41) is 0. The number of rotatable bonds is 9. The first-order chi connectivity index (χ1) is 10.3. The minimum atomic E-state index is 0.426. The minimum Gasteiger partial charge on any atom is -0.0649 e. The van der Waals surface area contributed by atoms with Gasteiger partial charge in [0.15, 0.2) is 0 Å². The fourth-order valence-corrected chi connectivity index (χ4v) is 4.18. The van der Waals surface area contributed by atoms with E-state index in [0.717, 1.165) is 35.5 Å². The van der Waals surface area contributed by atoms with Crippen LogP contribution < -0.4 is 0 Å². The molecule has 0 aliphatic rings. The van der Waals surface area contributed by atoms with Gasteiger partial charge in [0.05, 0.1) is 0 Å². The lowest BCUT2D eigenvalue weighted by Gasteiger charge is -2.43. The molecule has 0 nitrogen and oxygen atoms in total. The van der Waals surface area contributed by atoms with Gasteiger partial charge in [0, 0.05) is 0 Å². The van der Waals surface area contributed by atoms with Gasteiger partial charge in [0.1, 0.15) is 0 Å². The summed E-state index contributed by atoms with van der Waals surface area (Å²) in [6, 6.07) is 0. The van der Waals surface area contributed by atoms with Crippen molar-refractivity contribution in [2.24, 2.45) is 46.3 Å². The molecule has 0 bridgehead atoms. The lowest BCUT2D eigenvalue weighted by Crippen LogP contribution is -2.35. The van der Waals surface area contributed by atoms with Crippen molar-refractivity contribution in [3.8, 4) is 0 Å². The highest BCUT2D eigenvalue weighted by Gasteiger charge is 2.37. The molecule has 0 aliphatic heterocycles. The van der Waals surface area contributed by atoms with Crippen LogP contribution in [-0.2, 0) is 0 Å². The van der Waals surface area contributed by atoms with Gasteiger partial charge in [0.25, 0.3) is 0 Å². The summed E-state index contributed by atoms with van der Waals surface area (Å²) in [6.45, 7) is 29.3. The molecule has 0 heteroatoms. The fourth-order valence-electron chi connectivity index (χ4n) is 4.18. The highest BCUT2D eigenvalue weighted by atomic mass is 14.4. The third-order valence-electron chi connectivity index (χ3n) is 7.40. The van der Waals surface area contributed by atoms with Crippen LogP contribution in [0.15, 0.2) is 0 Å². The molecular weight excluding hydrogens is 276 g/mol. The van der Waals surface area contributed by atoms with Crippen LogP contribution in [0.4, 0.5) is 0 Å². The molecule has 0 aromatic carbocycles. The van der Waals surface area contributed by atoms with Crippen LogP contribution >= 0.6 is 0 Å². The summed E-state index contributed by atoms with van der Waals surface area (Å²) in [4.78, 5) is 0. The van der Waals surface area contributed by atoms with E-state index in [9.17, 15) is 0 Å². The molecule has 140 valence electrons. The second kappa shape index (κ2) is 8.91. The molecule has 0 aliphatic carbocycles. The van der Waals surface area contributed by atoms with Gasteiger partial charge in [-0.3, -0.25) is 0 Å². The van der Waals surface area contributed by atoms with Crippen molar-refractivity contribution in [3.63, 3.8) is 0 Å². The molecule has 0 N–H and O–H groups in total. The maximum Gasteiger partial charge on any atom is -0.0298 e. The Balaban J connectivity index is 5.18. The van der Waals surface area contributed by atoms with E-state index < -0.39 is 0 Å². The lowest BCUT2D eigenvalue weighted by molar-refractivity contribution is 0.0623. The van der Waals surface area contributed by atoms with Crippen molar-refractivity contribution in [2.75, 3.05) is 0 Å². The number of hydrogen-bond donors (Lipinski definition) is 0. The van der Waals surface area contributed by atoms with E-state index in [-0.39, 0.29) is 0 Å². The normalized spacial score (nSPS) is 21.1. The highest BCUT2D eigenvalue weighted by molar-refractivity contribution is 4.86. The van der Waals surface area contributed by atoms with Crippen molar-refractivity contribution < 1.29 is 0 Å². The Kier molecular flexibility index (Phi) is 8.91. The average Bonchev–Trinajstić information content (AvgIpc) is 2.41. The molecule has 0 aromatic rings. The molecule has 0 amide bonds. The fraction of sp³-hybridized carbons (Fsp3) is 1.00. The second-order valence-electron chi connectivity index (χ2n) is 10.6. The Hall–Kier alpha value is 0. The van der Waals surface area contributed by atoms with Crippen molar-refractivity contribution in [1.29, 1.82) is 0 Å². The Morgan fingerprint density at radius 1 is 0.739 bits per heavy atom. The summed E-state index contributed by atoms with van der Waals surface area (Å²) in [5.74, 6) is 4.79. The Bertz CT molecular complexity index is 319. The molecule has 0 rings (SSSR count). The lowest BCUT2D eigenvalue weighted by atomic mass is 9.62. The Morgan fingerprint density at radius 2 is 1.22 bits per heavy atom. The molecule has 0 aromatic heterocycles. The summed E-state index contributed by atoms with van der Waals surface area (Å²) in [6.07, 6.45) is 4.05. The van der Waals surface area contributed by atoms with E-state index >= 15 is 0 Å². The maximum atomic E-state index is 2.55. The molecule has 0 fully saturated rings. The van der Waals surface area contributed by atoms with E-state index in [1.165, 1.54) is 19.3 Å². The Morgan fingerprint density at radius 3 is 1.52 bits per heavy atom. The van der Waals surface area contributed by atoms with Gasteiger partial charge < -0.3 is 0 Å². The van der Waals surface area contributed by atoms with Crippen molar-refractivity contribution >= 4 is 0 Å². The van der Waals surface area contributed by atoms with Gasteiger partial charge in [0.2, 0.25) is 0 Å². The predicted octanol–water partition coefficient (Wildman–Crippen LogP) is 8.07. The molecule has 5 atom stereocenters. The van der Waals surface area contributed by atoms with Crippen LogP contribution in [0.25, 0.3) is 0 Å². The van der Waals surface area contributed by atoms with Gasteiger partial charge in [-0.2, -0.15) is 0 Å². The van der Waals surface area contributed by atoms with Crippen LogP contribution in [0.5, 0.6) is 0 Å². The van der Waals surface area contributed by atoms with Crippen molar-refractivity contribution in [3.05, 3.63) is 0 Å². The van der Waals surface area contributed by atoms with Crippen LogP contribution in [0.3, 0.4) is 0 Å². The van der Waals surface area contributed by atoms with Gasteiger partial charge in [-0.25, -0.2) is 0 Å². The average molecular weight is 325 g/mol. The third-order valence-corrected chi connectivity index (χ3v) is 7.40. The van der Waals surface area contributed by atoms with Gasteiger partial charge >= 0.3 is 0 Å². The van der Waals surface area contributed by atoms with Gasteiger partial charge in [-0.1, -0.05) is 89.5 Å². The SMILES string of the molecule is CCC(C)(CC(C(C)C)C(C)CC(C)C(C)(C)C)C(C)C(C)C. The largest absolute Gasteiger partial charge is 0.0649 e. The van der Waals surface area contributed by atoms with E-state index in [2.05, 4.69) is 83.1 Å². The Labute approximate surface area is 149 Å². The molecule has 23 heavy (non-hydrogen) atoms. The van der Waals surface area contributed by atoms with Crippen LogP contribution in [0, 0.1) is 46.3 Å². The third kappa shape index (κ3) is 6.79. The van der Waals surface area contributed by atoms with Crippen molar-refractivity contribution in [2.45, 2.75) is 102 Å². The van der Waals surface area contributed by atoms with E-state index in [1.54, 1.807) is 0 Å². The summed E-state index contributed by atoms with van der Waals surface area (Å²) < 4.78 is 0. The molecular formula is C23H48. The first kappa shape index (κ1) is 23.0. The quantitative estimate of drug-likeness (QED) is 0.402. The zero-order chi connectivity index (χ0) is 18.6. The number of hydrogen-bond acceptors (Lipinski definition) is 0. The van der Waals surface area contributed by atoms with Crippen molar-refractivity contribution in [1.82, 2.24) is 0 Å². The zero-order valence-electron chi connectivity index (χ0n) is 18.6. The highest BCUT2D eigenvalue weighted by Crippen LogP contribution is 2.46. The first-order valence-corrected chi connectivity index (χ1v) is 10.3. The van der Waals surface area contributed by atoms with Gasteiger partial charge in [-0.05, 0) is 59.2 Å². The van der Waals surface area contributed by atoms with Crippen LogP contribution in [-0.4, -0.2) is 0 Å². The summed E-state index contributed by atoms with van der Waals surface area (Å²) in [7, 11) is 0. The minimum absolute atomic E-state index is 0.426. The molecule has 5 unspecified atom stereocenters. The van der Waals surface area contributed by atoms with Crippen LogP contribution in [0.2, 0.25) is 0 Å². The molecule has 0 heterocycles. The van der Waals surface area contributed by atoms with E-state index in [4.69, 9.17) is 0 Å². The second-order valence-corrected chi connectivity index (χ2v) is 10.6. The monoisotopic (exact) mass is 324 g/mol. The molecule has 0 saturated carbocycles. The standard InChI is InChI=1S/C23H48/c1-13-23(12,20(8)16(2)3)15-21(17(4)5)18(6)14-19(7)22(9,10)11/h16-21H,13-15H2,1-12H3. The van der Waals surface area contributed by atoms with Gasteiger partial charge in [-0.15, -0.1) is 0 Å². The maximum absolute atomic E-state index is 2.55. The molecule has 0 spiro atoms. The first-order valence-electron chi connectivity index (χ1n) is 10.3. The zero-order valence-corrected chi connectivity index (χ0v) is 18.6. The van der Waals surface area contributed by atoms with Crippen LogP contribution in [0.1, 0.15) is 102 Å². The smallest absolute Gasteiger partial charge is 0.0298 e. The topological polar surface area (TPSA) is 0 Å². The summed E-state index contributed by atoms with van der Waals surface area (Å²) >= 11 is 0. The van der Waals surface area contributed by atoms with E-state index in [1.807, 2.05) is 0 Å². The van der Waals surface area contributed by atoms with E-state index in [0.29, 0.717) is 10.8 Å². The predicted molar refractivity (Wildman–Crippen MR) is 108 cm³/mol. The molecule has 0 saturated heterocycles. The molecule has 0 radical (unpaired) electrons. The summed E-state index contributed by atoms with van der Waals surface area (Å²) in [5.41, 5.74) is 0.900.